The van der Waals surface area contributed by atoms with Crippen molar-refractivity contribution in [3.8, 4) is 0 Å². The summed E-state index contributed by atoms with van der Waals surface area (Å²) in [5, 5.41) is 8.80. The van der Waals surface area contributed by atoms with E-state index in [9.17, 15) is 13.6 Å². The molecule has 0 aliphatic heterocycles. The Morgan fingerprint density at radius 1 is 1.10 bits per heavy atom. The van der Waals surface area contributed by atoms with Crippen LogP contribution in [0.25, 0.3) is 0 Å². The van der Waals surface area contributed by atoms with Crippen LogP contribution in [-0.4, -0.2) is 17.6 Å². The maximum atomic E-state index is 13.9. The van der Waals surface area contributed by atoms with E-state index in [1.165, 1.54) is 4.90 Å². The molecule has 110 valence electrons. The fraction of sp³-hybridized carbons (Fsp3) is 0.188. The van der Waals surface area contributed by atoms with Crippen LogP contribution in [-0.2, 0) is 11.3 Å². The van der Waals surface area contributed by atoms with Gasteiger partial charge in [0.05, 0.1) is 12.1 Å². The number of carboxylic acid groups (broad SMARTS) is 1. The van der Waals surface area contributed by atoms with Crippen LogP contribution in [0.1, 0.15) is 12.0 Å². The van der Waals surface area contributed by atoms with Gasteiger partial charge in [-0.3, -0.25) is 4.79 Å². The quantitative estimate of drug-likeness (QED) is 0.886. The van der Waals surface area contributed by atoms with Gasteiger partial charge in [-0.1, -0.05) is 30.3 Å². The van der Waals surface area contributed by atoms with Gasteiger partial charge >= 0.3 is 5.97 Å². The predicted molar refractivity (Wildman–Crippen MR) is 76.1 cm³/mol. The molecule has 0 fully saturated rings. The average molecular weight is 291 g/mol. The molecule has 0 saturated heterocycles. The summed E-state index contributed by atoms with van der Waals surface area (Å²) in [7, 11) is 0. The summed E-state index contributed by atoms with van der Waals surface area (Å²) in [5.74, 6) is -2.11. The van der Waals surface area contributed by atoms with Crippen molar-refractivity contribution in [3.05, 3.63) is 65.7 Å². The molecule has 5 heteroatoms. The highest BCUT2D eigenvalue weighted by Crippen LogP contribution is 2.22. The highest BCUT2D eigenvalue weighted by molar-refractivity contribution is 5.67. The smallest absolute Gasteiger partial charge is 0.305 e. The van der Waals surface area contributed by atoms with Gasteiger partial charge in [0, 0.05) is 19.2 Å². The number of hydrogen-bond acceptors (Lipinski definition) is 2. The van der Waals surface area contributed by atoms with Crippen LogP contribution in [0, 0.1) is 11.6 Å². The molecule has 0 aliphatic carbocycles. The van der Waals surface area contributed by atoms with E-state index in [1.807, 2.05) is 30.3 Å². The minimum absolute atomic E-state index is 0.0695. The van der Waals surface area contributed by atoms with Gasteiger partial charge < -0.3 is 10.0 Å². The predicted octanol–water partition coefficient (Wildman–Crippen LogP) is 3.45. The first-order chi connectivity index (χ1) is 10.1. The van der Waals surface area contributed by atoms with Crippen LogP contribution in [0.4, 0.5) is 14.5 Å². The molecule has 3 nitrogen and oxygen atoms in total. The average Bonchev–Trinajstić information content (AvgIpc) is 2.47. The Kier molecular flexibility index (Phi) is 4.87. The summed E-state index contributed by atoms with van der Waals surface area (Å²) >= 11 is 0. The standard InChI is InChI=1S/C16H15F2NO2/c17-13-6-7-14(18)15(10-13)19(9-8-16(20)21)11-12-4-2-1-3-5-12/h1-7,10H,8-9,11H2,(H,20,21). The number of halogens is 2. The van der Waals surface area contributed by atoms with E-state index < -0.39 is 17.6 Å². The molecule has 1 N–H and O–H groups in total. The second kappa shape index (κ2) is 6.83. The second-order valence-corrected chi connectivity index (χ2v) is 4.65. The van der Waals surface area contributed by atoms with Crippen molar-refractivity contribution < 1.29 is 18.7 Å². The van der Waals surface area contributed by atoms with E-state index in [2.05, 4.69) is 0 Å². The highest BCUT2D eigenvalue weighted by Gasteiger charge is 2.14. The normalized spacial score (nSPS) is 10.4. The zero-order chi connectivity index (χ0) is 15.2. The summed E-state index contributed by atoms with van der Waals surface area (Å²) < 4.78 is 27.2. The molecule has 2 aromatic carbocycles. The van der Waals surface area contributed by atoms with E-state index >= 15 is 0 Å². The molecule has 0 atom stereocenters. The monoisotopic (exact) mass is 291 g/mol. The zero-order valence-electron chi connectivity index (χ0n) is 11.3. The first-order valence-electron chi connectivity index (χ1n) is 6.52. The van der Waals surface area contributed by atoms with Gasteiger partial charge in [-0.25, -0.2) is 8.78 Å². The van der Waals surface area contributed by atoms with Crippen LogP contribution in [0.2, 0.25) is 0 Å². The second-order valence-electron chi connectivity index (χ2n) is 4.65. The van der Waals surface area contributed by atoms with Gasteiger partial charge in [0.25, 0.3) is 0 Å². The third-order valence-electron chi connectivity index (χ3n) is 3.06. The fourth-order valence-corrected chi connectivity index (χ4v) is 2.05. The maximum absolute atomic E-state index is 13.9. The Labute approximate surface area is 121 Å². The van der Waals surface area contributed by atoms with E-state index in [4.69, 9.17) is 5.11 Å². The Bertz CT molecular complexity index is 617. The summed E-state index contributed by atoms with van der Waals surface area (Å²) in [6.45, 7) is 0.416. The summed E-state index contributed by atoms with van der Waals surface area (Å²) in [5.41, 5.74) is 0.964. The molecule has 0 amide bonds. The van der Waals surface area contributed by atoms with Crippen molar-refractivity contribution in [2.75, 3.05) is 11.4 Å². The summed E-state index contributed by atoms with van der Waals surface area (Å²) in [4.78, 5) is 12.3. The van der Waals surface area contributed by atoms with Crippen molar-refractivity contribution in [1.82, 2.24) is 0 Å². The SMILES string of the molecule is O=C(O)CCN(Cc1ccccc1)c1cc(F)ccc1F. The molecule has 0 bridgehead atoms. The molecule has 0 aromatic heterocycles. The Hall–Kier alpha value is -2.43. The van der Waals surface area contributed by atoms with Crippen molar-refractivity contribution in [2.24, 2.45) is 0 Å². The Morgan fingerprint density at radius 2 is 1.81 bits per heavy atom. The van der Waals surface area contributed by atoms with Gasteiger partial charge in [0.1, 0.15) is 11.6 Å². The van der Waals surface area contributed by atoms with E-state index in [1.54, 1.807) is 0 Å². The van der Waals surface area contributed by atoms with Gasteiger partial charge in [0.2, 0.25) is 0 Å². The third kappa shape index (κ3) is 4.27. The molecule has 0 saturated carbocycles. The van der Waals surface area contributed by atoms with Gasteiger partial charge in [0.15, 0.2) is 0 Å². The third-order valence-corrected chi connectivity index (χ3v) is 3.06. The lowest BCUT2D eigenvalue weighted by Gasteiger charge is -2.25. The van der Waals surface area contributed by atoms with Crippen molar-refractivity contribution in [1.29, 1.82) is 0 Å². The minimum atomic E-state index is -0.982. The number of carbonyl (C=O) groups is 1. The molecule has 0 aliphatic rings. The highest BCUT2D eigenvalue weighted by atomic mass is 19.1. The van der Waals surface area contributed by atoms with E-state index in [0.717, 1.165) is 23.8 Å². The van der Waals surface area contributed by atoms with Crippen LogP contribution < -0.4 is 4.90 Å². The van der Waals surface area contributed by atoms with Crippen LogP contribution in [0.5, 0.6) is 0 Å². The number of rotatable bonds is 6. The van der Waals surface area contributed by atoms with E-state index in [0.29, 0.717) is 6.54 Å². The van der Waals surface area contributed by atoms with Crippen LogP contribution in [0.3, 0.4) is 0 Å². The minimum Gasteiger partial charge on any atom is -0.481 e. The van der Waals surface area contributed by atoms with Crippen molar-refractivity contribution in [2.45, 2.75) is 13.0 Å². The van der Waals surface area contributed by atoms with Crippen molar-refractivity contribution in [3.63, 3.8) is 0 Å². The zero-order valence-corrected chi connectivity index (χ0v) is 11.3. The largest absolute Gasteiger partial charge is 0.481 e. The molecule has 2 rings (SSSR count). The number of carboxylic acids is 1. The number of nitrogens with zero attached hydrogens (tertiary/aromatic N) is 1. The van der Waals surface area contributed by atoms with Crippen LogP contribution >= 0.6 is 0 Å². The summed E-state index contributed by atoms with van der Waals surface area (Å²) in [6.07, 6.45) is -0.150. The lowest BCUT2D eigenvalue weighted by atomic mass is 10.2. The van der Waals surface area contributed by atoms with Gasteiger partial charge in [-0.2, -0.15) is 0 Å². The topological polar surface area (TPSA) is 40.5 Å². The van der Waals surface area contributed by atoms with Gasteiger partial charge in [-0.15, -0.1) is 0 Å². The molecule has 0 unspecified atom stereocenters. The number of aliphatic carboxylic acids is 1. The number of anilines is 1. The molecular formula is C16H15F2NO2. The Morgan fingerprint density at radius 3 is 2.48 bits per heavy atom. The molecule has 0 spiro atoms. The lowest BCUT2D eigenvalue weighted by molar-refractivity contribution is -0.136. The first-order valence-corrected chi connectivity index (χ1v) is 6.52. The molecular weight excluding hydrogens is 276 g/mol. The van der Waals surface area contributed by atoms with Crippen molar-refractivity contribution >= 4 is 11.7 Å². The lowest BCUT2D eigenvalue weighted by Crippen LogP contribution is -2.26. The molecule has 21 heavy (non-hydrogen) atoms. The number of hydrogen-bond donors (Lipinski definition) is 1. The Balaban J connectivity index is 2.26. The molecule has 0 heterocycles. The molecule has 2 aromatic rings. The van der Waals surface area contributed by atoms with Crippen LogP contribution in [0.15, 0.2) is 48.5 Å². The first kappa shape index (κ1) is 15.0. The number of benzene rings is 2. The fourth-order valence-electron chi connectivity index (χ4n) is 2.05. The van der Waals surface area contributed by atoms with Gasteiger partial charge in [-0.05, 0) is 17.7 Å². The van der Waals surface area contributed by atoms with E-state index in [-0.39, 0.29) is 18.7 Å². The maximum Gasteiger partial charge on any atom is 0.305 e. The molecule has 0 radical (unpaired) electrons. The summed E-state index contributed by atoms with van der Waals surface area (Å²) in [6, 6.07) is 12.4.